The molecule has 1 aromatic rings. The zero-order valence-corrected chi connectivity index (χ0v) is 8.34. The van der Waals surface area contributed by atoms with Crippen LogP contribution in [-0.2, 0) is 0 Å². The molecule has 0 fully saturated rings. The minimum atomic E-state index is 0.496. The molecule has 0 aliphatic carbocycles. The van der Waals surface area contributed by atoms with Crippen molar-refractivity contribution < 1.29 is 0 Å². The van der Waals surface area contributed by atoms with Crippen molar-refractivity contribution >= 4 is 42.4 Å². The minimum absolute atomic E-state index is 0.496. The molecule has 0 aliphatic heterocycles. The highest BCUT2D eigenvalue weighted by Crippen LogP contribution is 2.15. The molecule has 54 valence electrons. The third-order valence-corrected chi connectivity index (χ3v) is 3.11. The molecule has 10 heavy (non-hydrogen) atoms. The second kappa shape index (κ2) is 2.95. The van der Waals surface area contributed by atoms with Gasteiger partial charge in [-0.25, -0.2) is 0 Å². The Morgan fingerprint density at radius 1 is 1.80 bits per heavy atom. The van der Waals surface area contributed by atoms with Crippen LogP contribution in [-0.4, -0.2) is 4.99 Å². The summed E-state index contributed by atoms with van der Waals surface area (Å²) in [7, 11) is 2.63. The van der Waals surface area contributed by atoms with Crippen LogP contribution in [0.3, 0.4) is 0 Å². The number of thiophene rings is 1. The summed E-state index contributed by atoms with van der Waals surface area (Å²) in [6.45, 7) is 2.01. The van der Waals surface area contributed by atoms with Gasteiger partial charge in [-0.1, -0.05) is 21.5 Å². The van der Waals surface area contributed by atoms with Crippen molar-refractivity contribution in [3.05, 3.63) is 16.5 Å². The van der Waals surface area contributed by atoms with Gasteiger partial charge in [-0.15, -0.1) is 11.3 Å². The maximum absolute atomic E-state index is 5.46. The van der Waals surface area contributed by atoms with Gasteiger partial charge in [0.05, 0.1) is 4.88 Å². The van der Waals surface area contributed by atoms with E-state index in [0.29, 0.717) is 4.99 Å². The summed E-state index contributed by atoms with van der Waals surface area (Å²) in [6.07, 6.45) is 0. The van der Waals surface area contributed by atoms with Gasteiger partial charge in [-0.05, 0) is 18.6 Å². The third-order valence-electron chi connectivity index (χ3n) is 1.16. The Morgan fingerprint density at radius 2 is 2.40 bits per heavy atom. The summed E-state index contributed by atoms with van der Waals surface area (Å²) in [5, 5.41) is 0. The van der Waals surface area contributed by atoms with Gasteiger partial charge in [0.15, 0.2) is 0 Å². The van der Waals surface area contributed by atoms with Crippen LogP contribution in [0.5, 0.6) is 0 Å². The molecule has 1 heterocycles. The first-order chi connectivity index (χ1) is 4.61. The maximum Gasteiger partial charge on any atom is 0.114 e. The zero-order valence-electron chi connectivity index (χ0n) is 5.55. The van der Waals surface area contributed by atoms with Crippen molar-refractivity contribution in [1.82, 2.24) is 0 Å². The summed E-state index contributed by atoms with van der Waals surface area (Å²) in [5.41, 5.74) is 6.63. The van der Waals surface area contributed by atoms with Crippen molar-refractivity contribution in [3.8, 4) is 0 Å². The molecule has 0 radical (unpaired) electrons. The molecule has 0 bridgehead atoms. The fraction of sp³-hybridized carbons (Fsp3) is 0.167. The number of hydrogen-bond acceptors (Lipinski definition) is 2. The standard InChI is InChI=1S/C6H8NPS2/c1-3-2-4(8)10-5(3)6(7)9/h2H,8H2,1H3,(H2,7,9). The molecule has 0 aromatic carbocycles. The Balaban J connectivity index is 3.15. The molecule has 1 unspecified atom stereocenters. The molecular formula is C6H8NPS2. The number of thiocarbonyl (C=S) groups is 1. The maximum atomic E-state index is 5.46. The molecule has 1 atom stereocenters. The molecule has 2 N–H and O–H groups in total. The summed E-state index contributed by atoms with van der Waals surface area (Å²) in [5.74, 6) is 0. The van der Waals surface area contributed by atoms with Crippen LogP contribution in [0, 0.1) is 6.92 Å². The first-order valence-electron chi connectivity index (χ1n) is 2.77. The molecule has 1 rings (SSSR count). The second-order valence-electron chi connectivity index (χ2n) is 2.03. The monoisotopic (exact) mass is 189 g/mol. The highest BCUT2D eigenvalue weighted by atomic mass is 32.1. The zero-order chi connectivity index (χ0) is 7.72. The topological polar surface area (TPSA) is 26.0 Å². The van der Waals surface area contributed by atoms with Crippen LogP contribution in [0.15, 0.2) is 6.07 Å². The van der Waals surface area contributed by atoms with E-state index in [1.54, 1.807) is 11.3 Å². The van der Waals surface area contributed by atoms with Crippen molar-refractivity contribution in [2.45, 2.75) is 6.92 Å². The van der Waals surface area contributed by atoms with Gasteiger partial charge in [0.2, 0.25) is 0 Å². The molecular weight excluding hydrogens is 181 g/mol. The smallest absolute Gasteiger partial charge is 0.114 e. The van der Waals surface area contributed by atoms with E-state index in [2.05, 4.69) is 15.3 Å². The van der Waals surface area contributed by atoms with Crippen LogP contribution in [0.2, 0.25) is 0 Å². The molecule has 0 saturated carbocycles. The van der Waals surface area contributed by atoms with Crippen LogP contribution < -0.4 is 10.4 Å². The van der Waals surface area contributed by atoms with Crippen LogP contribution in [0.25, 0.3) is 0 Å². The van der Waals surface area contributed by atoms with E-state index < -0.39 is 0 Å². The van der Waals surface area contributed by atoms with Gasteiger partial charge in [0, 0.05) is 4.62 Å². The van der Waals surface area contributed by atoms with Crippen molar-refractivity contribution in [2.75, 3.05) is 0 Å². The van der Waals surface area contributed by atoms with E-state index in [9.17, 15) is 0 Å². The van der Waals surface area contributed by atoms with E-state index in [4.69, 9.17) is 18.0 Å². The number of aryl methyl sites for hydroxylation is 1. The van der Waals surface area contributed by atoms with E-state index in [1.165, 1.54) is 10.2 Å². The quantitative estimate of drug-likeness (QED) is 0.530. The molecule has 1 aromatic heterocycles. The van der Waals surface area contributed by atoms with E-state index in [-0.39, 0.29) is 0 Å². The predicted octanol–water partition coefficient (Wildman–Crippen LogP) is 1.19. The van der Waals surface area contributed by atoms with Gasteiger partial charge in [-0.2, -0.15) is 0 Å². The van der Waals surface area contributed by atoms with Crippen molar-refractivity contribution in [3.63, 3.8) is 0 Å². The molecule has 1 nitrogen and oxygen atoms in total. The highest BCUT2D eigenvalue weighted by molar-refractivity contribution is 7.81. The average molecular weight is 189 g/mol. The number of rotatable bonds is 1. The third kappa shape index (κ3) is 1.54. The summed E-state index contributed by atoms with van der Waals surface area (Å²) >= 11 is 6.46. The fourth-order valence-corrected chi connectivity index (χ4v) is 2.43. The summed E-state index contributed by atoms with van der Waals surface area (Å²) in [6, 6.07) is 2.06. The summed E-state index contributed by atoms with van der Waals surface area (Å²) in [4.78, 5) is 1.52. The van der Waals surface area contributed by atoms with Gasteiger partial charge >= 0.3 is 0 Å². The van der Waals surface area contributed by atoms with Crippen LogP contribution in [0.1, 0.15) is 10.4 Å². The SMILES string of the molecule is Cc1cc(P)sc1C(N)=S. The predicted molar refractivity (Wildman–Crippen MR) is 54.3 cm³/mol. The lowest BCUT2D eigenvalue weighted by molar-refractivity contribution is 1.53. The van der Waals surface area contributed by atoms with Crippen molar-refractivity contribution in [2.24, 2.45) is 5.73 Å². The van der Waals surface area contributed by atoms with E-state index in [0.717, 1.165) is 4.88 Å². The lowest BCUT2D eigenvalue weighted by Gasteiger charge is -1.91. The Kier molecular flexibility index (Phi) is 2.40. The van der Waals surface area contributed by atoms with Gasteiger partial charge in [0.1, 0.15) is 4.99 Å². The Labute approximate surface area is 71.8 Å². The Hall–Kier alpha value is 0.0200. The highest BCUT2D eigenvalue weighted by Gasteiger charge is 2.03. The average Bonchev–Trinajstić information content (AvgIpc) is 2.10. The largest absolute Gasteiger partial charge is 0.389 e. The normalized spacial score (nSPS) is 9.80. The van der Waals surface area contributed by atoms with Gasteiger partial charge < -0.3 is 5.73 Å². The number of nitrogens with two attached hydrogens (primary N) is 1. The summed E-state index contributed by atoms with van der Waals surface area (Å²) < 4.78 is 1.18. The molecule has 0 saturated heterocycles. The van der Waals surface area contributed by atoms with Gasteiger partial charge in [0.25, 0.3) is 0 Å². The fourth-order valence-electron chi connectivity index (χ4n) is 0.751. The first kappa shape index (κ1) is 8.12. The van der Waals surface area contributed by atoms with Crippen LogP contribution in [0.4, 0.5) is 0 Å². The van der Waals surface area contributed by atoms with Crippen LogP contribution >= 0.6 is 32.8 Å². The lowest BCUT2D eigenvalue weighted by Crippen LogP contribution is -2.08. The number of hydrogen-bond donors (Lipinski definition) is 1. The van der Waals surface area contributed by atoms with E-state index >= 15 is 0 Å². The molecule has 0 spiro atoms. The Morgan fingerprint density at radius 3 is 2.60 bits per heavy atom. The Bertz CT molecular complexity index is 267. The molecule has 4 heteroatoms. The van der Waals surface area contributed by atoms with Crippen molar-refractivity contribution in [1.29, 1.82) is 0 Å². The lowest BCUT2D eigenvalue weighted by atomic mass is 10.3. The molecule has 0 amide bonds. The minimum Gasteiger partial charge on any atom is -0.389 e. The second-order valence-corrected chi connectivity index (χ2v) is 4.59. The molecule has 0 aliphatic rings. The van der Waals surface area contributed by atoms with E-state index in [1.807, 2.05) is 6.92 Å². The van der Waals surface area contributed by atoms with Gasteiger partial charge in [-0.3, -0.25) is 0 Å². The first-order valence-corrected chi connectivity index (χ1v) is 4.57.